The van der Waals surface area contributed by atoms with Crippen molar-refractivity contribution >= 4 is 5.91 Å². The molecule has 116 valence electrons. The van der Waals surface area contributed by atoms with Gasteiger partial charge in [0.1, 0.15) is 5.82 Å². The van der Waals surface area contributed by atoms with Crippen LogP contribution in [0.15, 0.2) is 30.3 Å². The van der Waals surface area contributed by atoms with E-state index < -0.39 is 0 Å². The lowest BCUT2D eigenvalue weighted by molar-refractivity contribution is -0.122. The molecule has 0 fully saturated rings. The van der Waals surface area contributed by atoms with Crippen molar-refractivity contribution in [1.29, 1.82) is 0 Å². The molecule has 6 heteroatoms. The zero-order chi connectivity index (χ0) is 15.4. The number of nitrogens with zero attached hydrogens (tertiary/aromatic N) is 4. The number of aromatic nitrogens is 3. The van der Waals surface area contributed by atoms with E-state index in [2.05, 4.69) is 31.9 Å². The number of carbonyl (C=O) groups is 1. The first-order valence-electron chi connectivity index (χ1n) is 7.74. The molecule has 1 N–H and O–H groups in total. The summed E-state index contributed by atoms with van der Waals surface area (Å²) >= 11 is 0. The second kappa shape index (κ2) is 6.70. The highest BCUT2D eigenvalue weighted by molar-refractivity contribution is 5.77. The summed E-state index contributed by atoms with van der Waals surface area (Å²) in [5, 5.41) is 11.5. The van der Waals surface area contributed by atoms with Crippen LogP contribution in [0, 0.1) is 0 Å². The van der Waals surface area contributed by atoms with Gasteiger partial charge in [-0.1, -0.05) is 37.3 Å². The second-order valence-electron chi connectivity index (χ2n) is 5.52. The van der Waals surface area contributed by atoms with E-state index in [0.717, 1.165) is 43.3 Å². The van der Waals surface area contributed by atoms with Crippen LogP contribution in [-0.2, 0) is 17.9 Å². The predicted molar refractivity (Wildman–Crippen MR) is 84.0 cm³/mol. The third-order valence-corrected chi connectivity index (χ3v) is 3.80. The molecule has 0 radical (unpaired) electrons. The first-order chi connectivity index (χ1) is 10.8. The Balaban J connectivity index is 1.68. The fourth-order valence-electron chi connectivity index (χ4n) is 2.67. The third kappa shape index (κ3) is 3.17. The summed E-state index contributed by atoms with van der Waals surface area (Å²) in [7, 11) is 0. The summed E-state index contributed by atoms with van der Waals surface area (Å²) in [6.07, 6.45) is 0.959. The number of rotatable bonds is 5. The Morgan fingerprint density at radius 3 is 2.82 bits per heavy atom. The van der Waals surface area contributed by atoms with Crippen LogP contribution < -0.4 is 5.32 Å². The van der Waals surface area contributed by atoms with Crippen molar-refractivity contribution in [1.82, 2.24) is 25.0 Å². The van der Waals surface area contributed by atoms with E-state index in [1.807, 2.05) is 30.3 Å². The van der Waals surface area contributed by atoms with Gasteiger partial charge in [0.25, 0.3) is 0 Å². The Bertz CT molecular complexity index is 637. The average Bonchev–Trinajstić information content (AvgIpc) is 2.97. The molecule has 0 atom stereocenters. The molecule has 6 nitrogen and oxygen atoms in total. The molecular formula is C16H21N5O. The number of carbonyl (C=O) groups excluding carboxylic acids is 1. The molecule has 1 aliphatic heterocycles. The van der Waals surface area contributed by atoms with Crippen molar-refractivity contribution < 1.29 is 4.79 Å². The maximum Gasteiger partial charge on any atom is 0.234 e. The van der Waals surface area contributed by atoms with E-state index in [9.17, 15) is 4.79 Å². The molecule has 2 heterocycles. The SMILES string of the molecule is CCCNC(=O)CN1CCn2c(nnc2-c2ccccc2)C1. The predicted octanol–water partition coefficient (Wildman–Crippen LogP) is 1.29. The van der Waals surface area contributed by atoms with Gasteiger partial charge in [0.2, 0.25) is 5.91 Å². The molecule has 2 aromatic rings. The third-order valence-electron chi connectivity index (χ3n) is 3.80. The first kappa shape index (κ1) is 14.7. The Kier molecular flexibility index (Phi) is 4.48. The van der Waals surface area contributed by atoms with E-state index in [1.54, 1.807) is 0 Å². The van der Waals surface area contributed by atoms with Crippen molar-refractivity contribution in [2.45, 2.75) is 26.4 Å². The van der Waals surface area contributed by atoms with Gasteiger partial charge in [0, 0.05) is 25.2 Å². The van der Waals surface area contributed by atoms with Gasteiger partial charge in [-0.25, -0.2) is 0 Å². The van der Waals surface area contributed by atoms with Gasteiger partial charge in [0.05, 0.1) is 13.1 Å². The van der Waals surface area contributed by atoms with Gasteiger partial charge in [0.15, 0.2) is 5.82 Å². The molecule has 0 unspecified atom stereocenters. The Hall–Kier alpha value is -2.21. The molecule has 0 saturated carbocycles. The number of hydrogen-bond donors (Lipinski definition) is 1. The molecule has 0 saturated heterocycles. The number of fused-ring (bicyclic) bond motifs is 1. The highest BCUT2D eigenvalue weighted by atomic mass is 16.2. The quantitative estimate of drug-likeness (QED) is 0.903. The van der Waals surface area contributed by atoms with Crippen LogP contribution in [0.5, 0.6) is 0 Å². The van der Waals surface area contributed by atoms with Crippen molar-refractivity contribution in [3.8, 4) is 11.4 Å². The molecule has 22 heavy (non-hydrogen) atoms. The van der Waals surface area contributed by atoms with Crippen LogP contribution in [0.1, 0.15) is 19.2 Å². The first-order valence-corrected chi connectivity index (χ1v) is 7.74. The zero-order valence-corrected chi connectivity index (χ0v) is 12.8. The van der Waals surface area contributed by atoms with Crippen molar-refractivity contribution in [3.63, 3.8) is 0 Å². The minimum Gasteiger partial charge on any atom is -0.355 e. The number of amides is 1. The van der Waals surface area contributed by atoms with Gasteiger partial charge < -0.3 is 9.88 Å². The standard InChI is InChI=1S/C16H21N5O/c1-2-8-17-15(22)12-20-9-10-21-14(11-20)18-19-16(21)13-6-4-3-5-7-13/h3-7H,2,8-12H2,1H3,(H,17,22). The summed E-state index contributed by atoms with van der Waals surface area (Å²) in [6.45, 7) is 5.53. The van der Waals surface area contributed by atoms with Gasteiger partial charge in [-0.15, -0.1) is 10.2 Å². The normalized spacial score (nSPS) is 14.6. The Labute approximate surface area is 130 Å². The average molecular weight is 299 g/mol. The lowest BCUT2D eigenvalue weighted by Gasteiger charge is -2.27. The smallest absolute Gasteiger partial charge is 0.234 e. The molecule has 1 aromatic heterocycles. The largest absolute Gasteiger partial charge is 0.355 e. The van der Waals surface area contributed by atoms with Crippen molar-refractivity contribution in [2.24, 2.45) is 0 Å². The van der Waals surface area contributed by atoms with Crippen LogP contribution in [-0.4, -0.2) is 45.2 Å². The highest BCUT2D eigenvalue weighted by Crippen LogP contribution is 2.21. The van der Waals surface area contributed by atoms with E-state index in [4.69, 9.17) is 0 Å². The minimum atomic E-state index is 0.0816. The van der Waals surface area contributed by atoms with Crippen LogP contribution in [0.25, 0.3) is 11.4 Å². The van der Waals surface area contributed by atoms with E-state index >= 15 is 0 Å². The fraction of sp³-hybridized carbons (Fsp3) is 0.438. The molecular weight excluding hydrogens is 278 g/mol. The van der Waals surface area contributed by atoms with Gasteiger partial charge in [-0.3, -0.25) is 9.69 Å². The van der Waals surface area contributed by atoms with E-state index in [-0.39, 0.29) is 5.91 Å². The maximum absolute atomic E-state index is 11.8. The van der Waals surface area contributed by atoms with Gasteiger partial charge in [-0.05, 0) is 6.42 Å². The van der Waals surface area contributed by atoms with Crippen LogP contribution in [0.3, 0.4) is 0 Å². The topological polar surface area (TPSA) is 63.1 Å². The summed E-state index contributed by atoms with van der Waals surface area (Å²) in [6, 6.07) is 10.1. The molecule has 1 aliphatic rings. The summed E-state index contributed by atoms with van der Waals surface area (Å²) in [5.74, 6) is 1.91. The molecule has 0 aliphatic carbocycles. The monoisotopic (exact) mass is 299 g/mol. The second-order valence-corrected chi connectivity index (χ2v) is 5.52. The maximum atomic E-state index is 11.8. The van der Waals surface area contributed by atoms with Crippen LogP contribution >= 0.6 is 0 Å². The summed E-state index contributed by atoms with van der Waals surface area (Å²) < 4.78 is 2.15. The molecule has 3 rings (SSSR count). The zero-order valence-electron chi connectivity index (χ0n) is 12.8. The van der Waals surface area contributed by atoms with Gasteiger partial charge in [-0.2, -0.15) is 0 Å². The van der Waals surface area contributed by atoms with Crippen molar-refractivity contribution in [3.05, 3.63) is 36.2 Å². The van der Waals surface area contributed by atoms with Gasteiger partial charge >= 0.3 is 0 Å². The number of benzene rings is 1. The Morgan fingerprint density at radius 1 is 1.23 bits per heavy atom. The fourth-order valence-corrected chi connectivity index (χ4v) is 2.67. The number of nitrogens with one attached hydrogen (secondary N) is 1. The van der Waals surface area contributed by atoms with Crippen LogP contribution in [0.4, 0.5) is 0 Å². The molecule has 0 bridgehead atoms. The minimum absolute atomic E-state index is 0.0816. The molecule has 1 aromatic carbocycles. The van der Waals surface area contributed by atoms with E-state index in [1.165, 1.54) is 0 Å². The summed E-state index contributed by atoms with van der Waals surface area (Å²) in [4.78, 5) is 13.9. The Morgan fingerprint density at radius 2 is 2.05 bits per heavy atom. The van der Waals surface area contributed by atoms with E-state index in [0.29, 0.717) is 13.1 Å². The lowest BCUT2D eigenvalue weighted by Crippen LogP contribution is -2.41. The lowest BCUT2D eigenvalue weighted by atomic mass is 10.2. The highest BCUT2D eigenvalue weighted by Gasteiger charge is 2.22. The number of hydrogen-bond acceptors (Lipinski definition) is 4. The molecule has 1 amide bonds. The van der Waals surface area contributed by atoms with Crippen LogP contribution in [0.2, 0.25) is 0 Å². The molecule has 0 spiro atoms. The summed E-state index contributed by atoms with van der Waals surface area (Å²) in [5.41, 5.74) is 1.08. The van der Waals surface area contributed by atoms with Crippen molar-refractivity contribution in [2.75, 3.05) is 19.6 Å².